The van der Waals surface area contributed by atoms with Gasteiger partial charge < -0.3 is 10.0 Å². The molecule has 1 aromatic carbocycles. The Kier molecular flexibility index (Phi) is 5.06. The monoisotopic (exact) mass is 375 g/mol. The van der Waals surface area contributed by atoms with E-state index in [0.717, 1.165) is 11.6 Å². The van der Waals surface area contributed by atoms with Gasteiger partial charge in [-0.05, 0) is 43.7 Å². The van der Waals surface area contributed by atoms with Crippen LogP contribution in [-0.4, -0.2) is 27.7 Å². The second kappa shape index (κ2) is 7.15. The van der Waals surface area contributed by atoms with Crippen molar-refractivity contribution in [2.75, 3.05) is 6.54 Å². The summed E-state index contributed by atoms with van der Waals surface area (Å²) in [7, 11) is 0. The molecule has 2 heterocycles. The number of benzene rings is 1. The standard InChI is InChI=1S/C20H20F3N3O/c1-19(2,27)18-7-6-15(11-25-18)17-13-26(9-8-24-17)12-14-4-3-5-16(10-14)20(21,22)23/h3-8,10-11,13,27H,9,12H2,1-2H3. The molecule has 2 aromatic rings. The Hall–Kier alpha value is -2.67. The number of aliphatic imine (C=N–C) groups is 1. The van der Waals surface area contributed by atoms with E-state index in [4.69, 9.17) is 0 Å². The van der Waals surface area contributed by atoms with Gasteiger partial charge in [-0.2, -0.15) is 13.2 Å². The first-order valence-electron chi connectivity index (χ1n) is 8.47. The molecule has 3 rings (SSSR count). The normalized spacial score (nSPS) is 15.0. The van der Waals surface area contributed by atoms with Gasteiger partial charge in [-0.25, -0.2) is 0 Å². The van der Waals surface area contributed by atoms with Gasteiger partial charge in [-0.15, -0.1) is 0 Å². The molecule has 0 spiro atoms. The Morgan fingerprint density at radius 1 is 1.15 bits per heavy atom. The van der Waals surface area contributed by atoms with E-state index in [9.17, 15) is 18.3 Å². The maximum Gasteiger partial charge on any atom is 0.416 e. The van der Waals surface area contributed by atoms with Crippen molar-refractivity contribution in [2.45, 2.75) is 32.2 Å². The lowest BCUT2D eigenvalue weighted by Crippen LogP contribution is -2.22. The molecule has 0 unspecified atom stereocenters. The zero-order chi connectivity index (χ0) is 19.7. The largest absolute Gasteiger partial charge is 0.416 e. The maximum absolute atomic E-state index is 12.9. The first-order valence-corrected chi connectivity index (χ1v) is 8.47. The van der Waals surface area contributed by atoms with Gasteiger partial charge in [0.1, 0.15) is 5.60 Å². The quantitative estimate of drug-likeness (QED) is 0.871. The van der Waals surface area contributed by atoms with Crippen molar-refractivity contribution in [3.05, 3.63) is 71.2 Å². The van der Waals surface area contributed by atoms with Crippen LogP contribution in [0, 0.1) is 0 Å². The minimum atomic E-state index is -4.35. The number of hydrogen-bond donors (Lipinski definition) is 1. The lowest BCUT2D eigenvalue weighted by atomic mass is 10.0. The second-order valence-electron chi connectivity index (χ2n) is 6.94. The lowest BCUT2D eigenvalue weighted by Gasteiger charge is -2.23. The van der Waals surface area contributed by atoms with Crippen LogP contribution in [0.5, 0.6) is 0 Å². The fraction of sp³-hybridized carbons (Fsp3) is 0.300. The first-order chi connectivity index (χ1) is 12.6. The van der Waals surface area contributed by atoms with Gasteiger partial charge in [-0.3, -0.25) is 9.98 Å². The number of nitrogens with zero attached hydrogens (tertiary/aromatic N) is 3. The average molecular weight is 375 g/mol. The smallest absolute Gasteiger partial charge is 0.384 e. The minimum absolute atomic E-state index is 0.342. The van der Waals surface area contributed by atoms with E-state index in [0.29, 0.717) is 30.0 Å². The van der Waals surface area contributed by atoms with Crippen molar-refractivity contribution in [1.29, 1.82) is 0 Å². The molecule has 1 N–H and O–H groups in total. The van der Waals surface area contributed by atoms with Crippen LogP contribution in [0.15, 0.2) is 53.8 Å². The third-order valence-corrected chi connectivity index (χ3v) is 4.18. The van der Waals surface area contributed by atoms with Gasteiger partial charge in [0.15, 0.2) is 0 Å². The van der Waals surface area contributed by atoms with E-state index in [1.165, 1.54) is 12.1 Å². The Bertz CT molecular complexity index is 865. The highest BCUT2D eigenvalue weighted by Crippen LogP contribution is 2.30. The van der Waals surface area contributed by atoms with E-state index in [1.54, 1.807) is 44.6 Å². The van der Waals surface area contributed by atoms with Crippen molar-refractivity contribution in [3.63, 3.8) is 0 Å². The second-order valence-corrected chi connectivity index (χ2v) is 6.94. The van der Waals surface area contributed by atoms with Crippen molar-refractivity contribution in [1.82, 2.24) is 9.88 Å². The van der Waals surface area contributed by atoms with Crippen LogP contribution in [0.2, 0.25) is 0 Å². The summed E-state index contributed by atoms with van der Waals surface area (Å²) >= 11 is 0. The lowest BCUT2D eigenvalue weighted by molar-refractivity contribution is -0.137. The summed E-state index contributed by atoms with van der Waals surface area (Å²) in [5, 5.41) is 9.98. The summed E-state index contributed by atoms with van der Waals surface area (Å²) in [6.45, 7) is 4.16. The number of rotatable bonds is 4. The molecule has 4 nitrogen and oxygen atoms in total. The van der Waals surface area contributed by atoms with Crippen molar-refractivity contribution in [2.24, 2.45) is 4.99 Å². The topological polar surface area (TPSA) is 48.7 Å². The van der Waals surface area contributed by atoms with E-state index in [1.807, 2.05) is 11.0 Å². The average Bonchev–Trinajstić information content (AvgIpc) is 2.61. The number of alkyl halides is 3. The summed E-state index contributed by atoms with van der Waals surface area (Å²) in [6, 6.07) is 8.88. The molecule has 0 bridgehead atoms. The number of pyridine rings is 1. The van der Waals surface area contributed by atoms with Crippen LogP contribution in [-0.2, 0) is 18.3 Å². The summed E-state index contributed by atoms with van der Waals surface area (Å²) in [5.41, 5.74) is 0.883. The van der Waals surface area contributed by atoms with Gasteiger partial charge in [-0.1, -0.05) is 12.1 Å². The molecule has 0 saturated heterocycles. The molecule has 7 heteroatoms. The molecule has 0 amide bonds. The molecule has 1 aromatic heterocycles. The fourth-order valence-electron chi connectivity index (χ4n) is 2.75. The summed E-state index contributed by atoms with van der Waals surface area (Å²) < 4.78 is 38.6. The van der Waals surface area contributed by atoms with Crippen LogP contribution in [0.1, 0.15) is 36.2 Å². The Balaban J connectivity index is 1.78. The number of aliphatic hydroxyl groups is 1. The van der Waals surface area contributed by atoms with E-state index >= 15 is 0 Å². The highest BCUT2D eigenvalue weighted by molar-refractivity contribution is 5.76. The molecule has 142 valence electrons. The molecule has 0 saturated carbocycles. The van der Waals surface area contributed by atoms with Gasteiger partial charge in [0, 0.05) is 30.7 Å². The molecule has 0 aliphatic carbocycles. The third-order valence-electron chi connectivity index (χ3n) is 4.18. The predicted octanol–water partition coefficient (Wildman–Crippen LogP) is 4.21. The molecule has 27 heavy (non-hydrogen) atoms. The molecule has 1 aliphatic heterocycles. The van der Waals surface area contributed by atoms with Gasteiger partial charge in [0.2, 0.25) is 0 Å². The fourth-order valence-corrected chi connectivity index (χ4v) is 2.75. The van der Waals surface area contributed by atoms with E-state index in [2.05, 4.69) is 9.98 Å². The Morgan fingerprint density at radius 2 is 1.93 bits per heavy atom. The van der Waals surface area contributed by atoms with Crippen LogP contribution >= 0.6 is 0 Å². The zero-order valence-electron chi connectivity index (χ0n) is 15.0. The van der Waals surface area contributed by atoms with Crippen molar-refractivity contribution in [3.8, 4) is 0 Å². The third kappa shape index (κ3) is 4.74. The van der Waals surface area contributed by atoms with E-state index in [-0.39, 0.29) is 0 Å². The molecular weight excluding hydrogens is 355 g/mol. The summed E-state index contributed by atoms with van der Waals surface area (Å²) in [6.07, 6.45) is 0.798. The van der Waals surface area contributed by atoms with E-state index < -0.39 is 17.3 Å². The zero-order valence-corrected chi connectivity index (χ0v) is 15.0. The van der Waals surface area contributed by atoms with Crippen molar-refractivity contribution < 1.29 is 18.3 Å². The SMILES string of the molecule is CC(C)(O)c1ccc(C2=CN(Cc3cccc(C(F)(F)F)c3)CC=N2)cn1. The van der Waals surface area contributed by atoms with Crippen LogP contribution in [0.3, 0.4) is 0 Å². The van der Waals surface area contributed by atoms with Gasteiger partial charge in [0.25, 0.3) is 0 Å². The molecule has 1 aliphatic rings. The molecule has 0 atom stereocenters. The van der Waals surface area contributed by atoms with Gasteiger partial charge >= 0.3 is 6.18 Å². The maximum atomic E-state index is 12.9. The minimum Gasteiger partial charge on any atom is -0.384 e. The molecule has 0 fully saturated rings. The highest BCUT2D eigenvalue weighted by Gasteiger charge is 2.30. The highest BCUT2D eigenvalue weighted by atomic mass is 19.4. The van der Waals surface area contributed by atoms with Crippen LogP contribution in [0.4, 0.5) is 13.2 Å². The first kappa shape index (κ1) is 19.1. The number of aromatic nitrogens is 1. The predicted molar refractivity (Wildman–Crippen MR) is 97.8 cm³/mol. The summed E-state index contributed by atoms with van der Waals surface area (Å²) in [5.74, 6) is 0. The molecular formula is C20H20F3N3O. The van der Waals surface area contributed by atoms with Gasteiger partial charge in [0.05, 0.1) is 23.5 Å². The summed E-state index contributed by atoms with van der Waals surface area (Å²) in [4.78, 5) is 10.5. The van der Waals surface area contributed by atoms with Crippen LogP contribution < -0.4 is 0 Å². The Morgan fingerprint density at radius 3 is 2.56 bits per heavy atom. The number of hydrogen-bond acceptors (Lipinski definition) is 4. The Labute approximate surface area is 155 Å². The number of halogens is 3. The van der Waals surface area contributed by atoms with Crippen LogP contribution in [0.25, 0.3) is 5.70 Å². The van der Waals surface area contributed by atoms with Crippen molar-refractivity contribution >= 4 is 11.9 Å². The molecule has 0 radical (unpaired) electrons.